The lowest BCUT2D eigenvalue weighted by molar-refractivity contribution is 0.460. The zero-order valence-electron chi connectivity index (χ0n) is 21.8. The summed E-state index contributed by atoms with van der Waals surface area (Å²) in [5.41, 5.74) is 8.08. The fourth-order valence-corrected chi connectivity index (χ4v) is 5.70. The Kier molecular flexibility index (Phi) is 8.48. The highest BCUT2D eigenvalue weighted by Gasteiger charge is 2.28. The number of anilines is 1. The number of pyridine rings is 1. The number of sulfonamides is 1. The molecule has 2 aromatic heterocycles. The minimum Gasteiger partial charge on any atom is -0.383 e. The maximum absolute atomic E-state index is 12.7. The Balaban J connectivity index is 1.46. The maximum atomic E-state index is 12.7. The lowest BCUT2D eigenvalue weighted by Gasteiger charge is -2.27. The standard InChI is InChI=1S/C27H37N7O2S/c1-4-20(5-2)9-11-25(28)32-37(35,36)22-10-12-26(31-18-22)33(3)21-14-17-34(19-21)24-8-6-7-15-29-27-23(24)13-16-30-27/h7,9-13,15-16,18,20-21H,4-6,8,14,17,19H2,1-3H3,(H2,28,32)(H,29,30). The molecule has 0 spiro atoms. The van der Waals surface area contributed by atoms with Gasteiger partial charge in [-0.1, -0.05) is 26.0 Å². The molecule has 0 saturated carbocycles. The fraction of sp³-hybridized carbons (Fsp3) is 0.444. The number of nitrogens with one attached hydrogen (secondary N) is 1. The Hall–Kier alpha value is -3.40. The Labute approximate surface area is 219 Å². The second-order valence-corrected chi connectivity index (χ2v) is 11.1. The molecule has 37 heavy (non-hydrogen) atoms. The molecule has 0 aliphatic carbocycles. The van der Waals surface area contributed by atoms with Crippen LogP contribution in [0.5, 0.6) is 0 Å². The van der Waals surface area contributed by atoms with Crippen LogP contribution in [0, 0.1) is 5.92 Å². The summed E-state index contributed by atoms with van der Waals surface area (Å²) in [6.07, 6.45) is 15.6. The average molecular weight is 524 g/mol. The van der Waals surface area contributed by atoms with Crippen molar-refractivity contribution >= 4 is 27.4 Å². The number of rotatable bonds is 9. The molecular weight excluding hydrogens is 486 g/mol. The van der Waals surface area contributed by atoms with Crippen molar-refractivity contribution in [3.8, 4) is 0 Å². The zero-order chi connectivity index (χ0) is 26.4. The second-order valence-electron chi connectivity index (χ2n) is 9.52. The van der Waals surface area contributed by atoms with Gasteiger partial charge in [0.1, 0.15) is 22.0 Å². The van der Waals surface area contributed by atoms with Gasteiger partial charge in [0.15, 0.2) is 0 Å². The molecule has 198 valence electrons. The fourth-order valence-electron chi connectivity index (χ4n) is 4.83. The third-order valence-corrected chi connectivity index (χ3v) is 8.47. The first kappa shape index (κ1) is 26.7. The number of nitrogens with zero attached hydrogens (tertiary/aromatic N) is 5. The normalized spacial score (nSPS) is 18.7. The quantitative estimate of drug-likeness (QED) is 0.385. The summed E-state index contributed by atoms with van der Waals surface area (Å²) in [5.74, 6) is 1.04. The van der Waals surface area contributed by atoms with Crippen molar-refractivity contribution in [2.75, 3.05) is 25.0 Å². The number of hydrogen-bond donors (Lipinski definition) is 2. The first-order chi connectivity index (χ1) is 17.8. The predicted octanol–water partition coefficient (Wildman–Crippen LogP) is 2.69. The molecule has 4 rings (SSSR count). The van der Waals surface area contributed by atoms with Crippen LogP contribution in [-0.2, 0) is 10.0 Å². The van der Waals surface area contributed by atoms with Crippen molar-refractivity contribution < 1.29 is 8.42 Å². The van der Waals surface area contributed by atoms with E-state index in [4.69, 9.17) is 5.73 Å². The molecule has 2 aromatic rings. The molecule has 1 atom stereocenters. The number of hydrogen-bond acceptors (Lipinski definition) is 6. The van der Waals surface area contributed by atoms with Crippen molar-refractivity contribution in [3.05, 3.63) is 65.7 Å². The van der Waals surface area contributed by atoms with Crippen molar-refractivity contribution in [1.29, 1.82) is 0 Å². The van der Waals surface area contributed by atoms with Crippen LogP contribution < -0.4 is 21.3 Å². The molecule has 0 amide bonds. The molecule has 4 heterocycles. The van der Waals surface area contributed by atoms with E-state index < -0.39 is 10.0 Å². The minimum atomic E-state index is -3.93. The topological polar surface area (TPSA) is 120 Å². The van der Waals surface area contributed by atoms with Crippen LogP contribution in [0.4, 0.5) is 5.82 Å². The minimum absolute atomic E-state index is 0.0263. The predicted molar refractivity (Wildman–Crippen MR) is 148 cm³/mol. The van der Waals surface area contributed by atoms with Crippen LogP contribution in [0.3, 0.4) is 0 Å². The maximum Gasteiger partial charge on any atom is 0.285 e. The number of aromatic nitrogens is 2. The molecule has 2 aliphatic heterocycles. The van der Waals surface area contributed by atoms with Gasteiger partial charge in [0.25, 0.3) is 10.0 Å². The Morgan fingerprint density at radius 3 is 2.86 bits per heavy atom. The van der Waals surface area contributed by atoms with E-state index in [0.717, 1.165) is 61.7 Å². The molecule has 1 fully saturated rings. The van der Waals surface area contributed by atoms with Crippen LogP contribution in [-0.4, -0.2) is 55.3 Å². The SMILES string of the molecule is CCC(C=CC(N)=NS(=O)(=O)c1ccc(N(C)C2CCN(C3=c4cc[nH]c4=NC=CCC3)C2)nc1)CC. The van der Waals surface area contributed by atoms with E-state index in [0.29, 0.717) is 5.92 Å². The summed E-state index contributed by atoms with van der Waals surface area (Å²) >= 11 is 0. The van der Waals surface area contributed by atoms with E-state index in [1.54, 1.807) is 18.2 Å². The van der Waals surface area contributed by atoms with Gasteiger partial charge in [-0.25, -0.2) is 9.98 Å². The van der Waals surface area contributed by atoms with Gasteiger partial charge < -0.3 is 20.5 Å². The molecule has 0 bridgehead atoms. The molecule has 9 nitrogen and oxygen atoms in total. The molecule has 1 saturated heterocycles. The summed E-state index contributed by atoms with van der Waals surface area (Å²) in [6.45, 7) is 5.98. The molecule has 0 radical (unpaired) electrons. The molecule has 2 aliphatic rings. The number of amidine groups is 1. The van der Waals surface area contributed by atoms with Crippen LogP contribution in [0.1, 0.15) is 46.0 Å². The number of nitrogens with two attached hydrogens (primary N) is 1. The summed E-state index contributed by atoms with van der Waals surface area (Å²) in [6, 6.07) is 5.64. The van der Waals surface area contributed by atoms with Crippen molar-refractivity contribution in [3.63, 3.8) is 0 Å². The molecule has 10 heteroatoms. The summed E-state index contributed by atoms with van der Waals surface area (Å²) in [7, 11) is -1.93. The van der Waals surface area contributed by atoms with Crippen LogP contribution in [0.2, 0.25) is 0 Å². The van der Waals surface area contributed by atoms with Crippen LogP contribution >= 0.6 is 0 Å². The van der Waals surface area contributed by atoms with Gasteiger partial charge >= 0.3 is 0 Å². The number of likely N-dealkylation sites (N-methyl/N-ethyl adjacent to an activating group) is 1. The van der Waals surface area contributed by atoms with Crippen LogP contribution in [0.15, 0.2) is 69.3 Å². The van der Waals surface area contributed by atoms with E-state index in [-0.39, 0.29) is 16.8 Å². The molecule has 0 aromatic carbocycles. The molecule has 1 unspecified atom stereocenters. The van der Waals surface area contributed by atoms with E-state index >= 15 is 0 Å². The number of allylic oxidation sites excluding steroid dienone is 2. The lowest BCUT2D eigenvalue weighted by atomic mass is 10.0. The highest BCUT2D eigenvalue weighted by atomic mass is 32.2. The Morgan fingerprint density at radius 2 is 2.14 bits per heavy atom. The van der Waals surface area contributed by atoms with Crippen molar-refractivity contribution in [2.45, 2.75) is 56.9 Å². The van der Waals surface area contributed by atoms with Gasteiger partial charge in [-0.05, 0) is 62.3 Å². The van der Waals surface area contributed by atoms with Gasteiger partial charge in [-0.2, -0.15) is 8.42 Å². The van der Waals surface area contributed by atoms with E-state index in [2.05, 4.69) is 55.1 Å². The van der Waals surface area contributed by atoms with E-state index in [1.807, 2.05) is 25.5 Å². The van der Waals surface area contributed by atoms with E-state index in [1.165, 1.54) is 11.9 Å². The summed E-state index contributed by atoms with van der Waals surface area (Å²) < 4.78 is 29.2. The van der Waals surface area contributed by atoms with Crippen molar-refractivity contribution in [2.24, 2.45) is 21.0 Å². The van der Waals surface area contributed by atoms with Gasteiger partial charge in [-0.3, -0.25) is 0 Å². The highest BCUT2D eigenvalue weighted by Crippen LogP contribution is 2.25. The second kappa shape index (κ2) is 11.8. The third-order valence-electron chi connectivity index (χ3n) is 7.18. The lowest BCUT2D eigenvalue weighted by Crippen LogP contribution is -2.37. The number of fused-ring (bicyclic) bond motifs is 1. The number of H-pyrrole nitrogens is 1. The van der Waals surface area contributed by atoms with Gasteiger partial charge in [-0.15, -0.1) is 4.40 Å². The summed E-state index contributed by atoms with van der Waals surface area (Å²) in [4.78, 5) is 16.8. The zero-order valence-corrected chi connectivity index (χ0v) is 22.7. The smallest absolute Gasteiger partial charge is 0.285 e. The first-order valence-electron chi connectivity index (χ1n) is 12.9. The summed E-state index contributed by atoms with van der Waals surface area (Å²) in [5, 5.41) is 1.16. The van der Waals surface area contributed by atoms with Gasteiger partial charge in [0, 0.05) is 55.7 Å². The van der Waals surface area contributed by atoms with Gasteiger partial charge in [0.05, 0.1) is 0 Å². The highest BCUT2D eigenvalue weighted by molar-refractivity contribution is 7.90. The monoisotopic (exact) mass is 523 g/mol. The number of likely N-dealkylation sites (tertiary alicyclic amines) is 1. The average Bonchev–Trinajstić information content (AvgIpc) is 3.54. The number of aromatic amines is 1. The van der Waals surface area contributed by atoms with Crippen molar-refractivity contribution in [1.82, 2.24) is 14.9 Å². The van der Waals surface area contributed by atoms with Gasteiger partial charge in [0.2, 0.25) is 0 Å². The first-order valence-corrected chi connectivity index (χ1v) is 14.4. The van der Waals surface area contributed by atoms with Crippen LogP contribution in [0.25, 0.3) is 5.70 Å². The Morgan fingerprint density at radius 1 is 1.32 bits per heavy atom. The largest absolute Gasteiger partial charge is 0.383 e. The third kappa shape index (κ3) is 6.30. The molecular formula is C27H37N7O2S. The molecule has 3 N–H and O–H groups in total. The Bertz CT molecular complexity index is 1390. The van der Waals surface area contributed by atoms with E-state index in [9.17, 15) is 8.42 Å².